The molecule has 0 bridgehead atoms. The van der Waals surface area contributed by atoms with E-state index in [4.69, 9.17) is 10.7 Å². The van der Waals surface area contributed by atoms with E-state index in [2.05, 4.69) is 96.2 Å². The highest BCUT2D eigenvalue weighted by molar-refractivity contribution is 6.41. The summed E-state index contributed by atoms with van der Waals surface area (Å²) in [6, 6.07) is 12.5. The number of aliphatic imine (C=N–C) groups is 2. The third-order valence-electron chi connectivity index (χ3n) is 6.88. The number of nitrogens with zero attached hydrogens (tertiary/aromatic N) is 4. The van der Waals surface area contributed by atoms with Gasteiger partial charge in [-0.05, 0) is 69.7 Å². The fourth-order valence-corrected chi connectivity index (χ4v) is 4.42. The van der Waals surface area contributed by atoms with Crippen LogP contribution < -0.4 is 16.4 Å². The smallest absolute Gasteiger partial charge is 0.135 e. The largest absolute Gasteiger partial charge is 0.378 e. The SMILES string of the molecule is C=C/N=C(C)\C(CCCN)=N/CC1=CCC(CNc2ncc(C#N)cc2C(=C)NC(C)c2ccc(C)cc2)C=C1. The summed E-state index contributed by atoms with van der Waals surface area (Å²) < 4.78 is 0. The van der Waals surface area contributed by atoms with Gasteiger partial charge in [0.1, 0.15) is 11.9 Å². The molecule has 4 N–H and O–H groups in total. The number of allylic oxidation sites excluding steroid dienone is 1. The fraction of sp³-hybridized carbons (Fsp3) is 0.333. The molecular weight excluding hydrogens is 494 g/mol. The van der Waals surface area contributed by atoms with Crippen LogP contribution in [0.5, 0.6) is 0 Å². The topological polar surface area (TPSA) is 111 Å². The highest BCUT2D eigenvalue weighted by Gasteiger charge is 2.15. The summed E-state index contributed by atoms with van der Waals surface area (Å²) in [5, 5.41) is 16.4. The van der Waals surface area contributed by atoms with Crippen LogP contribution in [-0.4, -0.2) is 36.0 Å². The van der Waals surface area contributed by atoms with Crippen LogP contribution in [0.2, 0.25) is 0 Å². The van der Waals surface area contributed by atoms with Gasteiger partial charge in [-0.3, -0.25) is 9.98 Å². The average Bonchev–Trinajstić information content (AvgIpc) is 2.97. The Balaban J connectivity index is 1.63. The molecule has 0 saturated heterocycles. The average molecular weight is 536 g/mol. The monoisotopic (exact) mass is 535 g/mol. The molecule has 2 aromatic rings. The number of hydrogen-bond acceptors (Lipinski definition) is 7. The van der Waals surface area contributed by atoms with E-state index in [0.29, 0.717) is 36.9 Å². The molecule has 0 spiro atoms. The van der Waals surface area contributed by atoms with Crippen molar-refractivity contribution in [2.45, 2.75) is 46.1 Å². The van der Waals surface area contributed by atoms with Gasteiger partial charge in [-0.25, -0.2) is 4.98 Å². The minimum atomic E-state index is 0.0573. The predicted octanol–water partition coefficient (Wildman–Crippen LogP) is 6.28. The second-order valence-corrected chi connectivity index (χ2v) is 10.1. The van der Waals surface area contributed by atoms with E-state index in [0.717, 1.165) is 41.9 Å². The lowest BCUT2D eigenvalue weighted by Crippen LogP contribution is -2.20. The molecule has 0 saturated carbocycles. The van der Waals surface area contributed by atoms with Gasteiger partial charge in [-0.15, -0.1) is 0 Å². The van der Waals surface area contributed by atoms with E-state index in [1.165, 1.54) is 16.7 Å². The quantitative estimate of drug-likeness (QED) is 0.246. The maximum atomic E-state index is 9.46. The van der Waals surface area contributed by atoms with Gasteiger partial charge in [0, 0.05) is 36.2 Å². The van der Waals surface area contributed by atoms with Gasteiger partial charge in [0.05, 0.1) is 23.5 Å². The number of anilines is 1. The predicted molar refractivity (Wildman–Crippen MR) is 168 cm³/mol. The second-order valence-electron chi connectivity index (χ2n) is 10.1. The molecule has 1 aliphatic carbocycles. The number of hydrogen-bond donors (Lipinski definition) is 3. The van der Waals surface area contributed by atoms with Crippen LogP contribution in [0.25, 0.3) is 5.70 Å². The Morgan fingerprint density at radius 3 is 2.75 bits per heavy atom. The Morgan fingerprint density at radius 1 is 1.32 bits per heavy atom. The van der Waals surface area contributed by atoms with Gasteiger partial charge in [0.15, 0.2) is 0 Å². The highest BCUT2D eigenvalue weighted by Crippen LogP contribution is 2.25. The lowest BCUT2D eigenvalue weighted by Gasteiger charge is -2.21. The third-order valence-corrected chi connectivity index (χ3v) is 6.88. The Labute approximate surface area is 239 Å². The number of aryl methyl sites for hydroxylation is 1. The summed E-state index contributed by atoms with van der Waals surface area (Å²) in [5.41, 5.74) is 13.2. The number of pyridine rings is 1. The number of aromatic nitrogens is 1. The van der Waals surface area contributed by atoms with Gasteiger partial charge >= 0.3 is 0 Å². The Bertz CT molecular complexity index is 1340. The molecule has 7 nitrogen and oxygen atoms in total. The van der Waals surface area contributed by atoms with E-state index in [1.54, 1.807) is 12.4 Å². The molecule has 0 fully saturated rings. The molecule has 3 rings (SSSR count). The first-order chi connectivity index (χ1) is 19.3. The summed E-state index contributed by atoms with van der Waals surface area (Å²) >= 11 is 0. The van der Waals surface area contributed by atoms with Crippen molar-refractivity contribution in [2.75, 3.05) is 25.0 Å². The number of benzene rings is 1. The van der Waals surface area contributed by atoms with Crippen molar-refractivity contribution < 1.29 is 0 Å². The first-order valence-corrected chi connectivity index (χ1v) is 13.8. The van der Waals surface area contributed by atoms with Crippen LogP contribution in [0, 0.1) is 24.2 Å². The zero-order chi connectivity index (χ0) is 28.9. The maximum Gasteiger partial charge on any atom is 0.135 e. The van der Waals surface area contributed by atoms with Gasteiger partial charge in [-0.1, -0.05) is 61.2 Å². The molecule has 1 aliphatic rings. The molecule has 1 aromatic heterocycles. The van der Waals surface area contributed by atoms with Gasteiger partial charge in [0.25, 0.3) is 0 Å². The summed E-state index contributed by atoms with van der Waals surface area (Å²) in [6.07, 6.45) is 12.4. The highest BCUT2D eigenvalue weighted by atomic mass is 15.0. The summed E-state index contributed by atoms with van der Waals surface area (Å²) in [4.78, 5) is 13.7. The summed E-state index contributed by atoms with van der Waals surface area (Å²) in [7, 11) is 0. The van der Waals surface area contributed by atoms with Crippen LogP contribution in [0.4, 0.5) is 5.82 Å². The van der Waals surface area contributed by atoms with Crippen molar-refractivity contribution in [1.82, 2.24) is 10.3 Å². The van der Waals surface area contributed by atoms with Crippen LogP contribution >= 0.6 is 0 Å². The molecular formula is C33H41N7. The van der Waals surface area contributed by atoms with E-state index >= 15 is 0 Å². The molecule has 0 aliphatic heterocycles. The van der Waals surface area contributed by atoms with Crippen molar-refractivity contribution in [3.8, 4) is 6.07 Å². The summed E-state index contributed by atoms with van der Waals surface area (Å²) in [6.45, 7) is 16.0. The van der Waals surface area contributed by atoms with Crippen LogP contribution in [0.1, 0.15) is 61.4 Å². The third kappa shape index (κ3) is 8.89. The first-order valence-electron chi connectivity index (χ1n) is 13.8. The molecule has 0 amide bonds. The van der Waals surface area contributed by atoms with E-state index in [9.17, 15) is 5.26 Å². The fourth-order valence-electron chi connectivity index (χ4n) is 4.42. The van der Waals surface area contributed by atoms with Crippen molar-refractivity contribution in [3.05, 3.63) is 102 Å². The molecule has 1 aromatic carbocycles. The van der Waals surface area contributed by atoms with E-state index < -0.39 is 0 Å². The van der Waals surface area contributed by atoms with Gasteiger partial charge < -0.3 is 16.4 Å². The second kappa shape index (κ2) is 15.3. The molecule has 208 valence electrons. The van der Waals surface area contributed by atoms with Gasteiger partial charge in [-0.2, -0.15) is 5.26 Å². The van der Waals surface area contributed by atoms with Crippen LogP contribution in [0.3, 0.4) is 0 Å². The van der Waals surface area contributed by atoms with Gasteiger partial charge in [0.2, 0.25) is 0 Å². The van der Waals surface area contributed by atoms with Crippen molar-refractivity contribution in [1.29, 1.82) is 5.26 Å². The minimum absolute atomic E-state index is 0.0573. The lowest BCUT2D eigenvalue weighted by molar-refractivity contribution is 0.683. The Hall–Kier alpha value is -4.28. The zero-order valence-corrected chi connectivity index (χ0v) is 24.0. The first kappa shape index (κ1) is 30.3. The Kier molecular flexibility index (Phi) is 11.6. The van der Waals surface area contributed by atoms with Crippen LogP contribution in [0.15, 0.2) is 89.7 Å². The number of nitrogens with one attached hydrogen (secondary N) is 2. The lowest BCUT2D eigenvalue weighted by atomic mass is 9.96. The molecule has 0 radical (unpaired) electrons. The number of rotatable bonds is 14. The standard InChI is InChI=1S/C33H41N7/c1-6-36-26(5)32(8-7-17-34)37-20-27-11-13-28(14-12-27)21-38-33-31(18-29(19-35)22-39-33)25(4)40-24(3)30-15-9-23(2)10-16-30/h6,9-13,15-16,18,22,24,28,40H,1,4,7-8,14,17,20-21,34H2,2-3,5H3,(H,38,39)/b36-26-,37-32-. The van der Waals surface area contributed by atoms with Crippen molar-refractivity contribution in [3.63, 3.8) is 0 Å². The van der Waals surface area contributed by atoms with E-state index in [-0.39, 0.29) is 6.04 Å². The number of nitrogens with two attached hydrogens (primary N) is 1. The van der Waals surface area contributed by atoms with E-state index in [1.807, 2.05) is 13.0 Å². The molecule has 2 atom stereocenters. The minimum Gasteiger partial charge on any atom is -0.378 e. The summed E-state index contributed by atoms with van der Waals surface area (Å²) in [5.74, 6) is 1.02. The molecule has 1 heterocycles. The van der Waals surface area contributed by atoms with Crippen molar-refractivity contribution in [2.24, 2.45) is 21.6 Å². The molecule has 7 heteroatoms. The van der Waals surface area contributed by atoms with Crippen LogP contribution in [-0.2, 0) is 0 Å². The molecule has 2 unspecified atom stereocenters. The molecule has 40 heavy (non-hydrogen) atoms. The maximum absolute atomic E-state index is 9.46. The van der Waals surface area contributed by atoms with Crippen molar-refractivity contribution >= 4 is 22.9 Å². The number of nitriles is 1. The Morgan fingerprint density at radius 2 is 2.10 bits per heavy atom. The zero-order valence-electron chi connectivity index (χ0n) is 24.0. The normalized spacial score (nSPS) is 16.1.